The number of ether oxygens (including phenoxy) is 1. The maximum absolute atomic E-state index is 13.6. The van der Waals surface area contributed by atoms with Gasteiger partial charge in [-0.25, -0.2) is 22.7 Å². The van der Waals surface area contributed by atoms with Gasteiger partial charge in [-0.05, 0) is 70.2 Å². The number of aryl methyl sites for hydroxylation is 1. The number of alkyl halides is 3. The molecule has 1 aliphatic rings. The fourth-order valence-corrected chi connectivity index (χ4v) is 6.31. The van der Waals surface area contributed by atoms with Gasteiger partial charge in [-0.1, -0.05) is 42.0 Å². The van der Waals surface area contributed by atoms with Crippen LogP contribution in [0.2, 0.25) is 0 Å². The van der Waals surface area contributed by atoms with Crippen LogP contribution in [0.15, 0.2) is 89.0 Å². The number of aromatic nitrogens is 2. The van der Waals surface area contributed by atoms with Gasteiger partial charge < -0.3 is 14.8 Å². The number of fused-ring (bicyclic) bond motifs is 1. The Morgan fingerprint density at radius 1 is 0.982 bits per heavy atom. The summed E-state index contributed by atoms with van der Waals surface area (Å²) >= 11 is 0. The maximum Gasteiger partial charge on any atom is 0.435 e. The fourth-order valence-electron chi connectivity index (χ4n) is 5.29. The summed E-state index contributed by atoms with van der Waals surface area (Å²) in [5.41, 5.74) is -0.406. The molecule has 20 heteroatoms. The number of halogens is 3. The molecule has 1 aliphatic heterocycles. The van der Waals surface area contributed by atoms with Gasteiger partial charge in [-0.2, -0.15) is 18.3 Å². The number of esters is 1. The minimum absolute atomic E-state index is 0.0329. The first-order valence-electron chi connectivity index (χ1n) is 16.8. The zero-order valence-corrected chi connectivity index (χ0v) is 31.4. The number of sulfonamides is 1. The predicted octanol–water partition coefficient (Wildman–Crippen LogP) is 5.16. The van der Waals surface area contributed by atoms with Crippen LogP contribution in [0.25, 0.3) is 16.9 Å². The highest BCUT2D eigenvalue weighted by Gasteiger charge is 2.40. The van der Waals surface area contributed by atoms with E-state index in [4.69, 9.17) is 9.57 Å². The lowest BCUT2D eigenvalue weighted by atomic mass is 10.1. The molecule has 0 saturated carbocycles. The van der Waals surface area contributed by atoms with Crippen molar-refractivity contribution in [2.45, 2.75) is 63.4 Å². The van der Waals surface area contributed by atoms with Crippen molar-refractivity contribution >= 4 is 33.7 Å². The Bertz CT molecular complexity index is 2260. The molecular weight excluding hydrogens is 763 g/mol. The van der Waals surface area contributed by atoms with Crippen LogP contribution in [-0.2, 0) is 35.4 Å². The van der Waals surface area contributed by atoms with Gasteiger partial charge in [0.15, 0.2) is 5.69 Å². The van der Waals surface area contributed by atoms with Crippen molar-refractivity contribution in [3.05, 3.63) is 106 Å². The van der Waals surface area contributed by atoms with E-state index in [1.54, 1.807) is 36.4 Å². The average molecular weight is 800 g/mol. The van der Waals surface area contributed by atoms with E-state index in [1.165, 1.54) is 52.1 Å². The van der Waals surface area contributed by atoms with E-state index in [9.17, 15) is 46.0 Å². The summed E-state index contributed by atoms with van der Waals surface area (Å²) in [5.74, 6) is -3.16. The number of amides is 3. The third-order valence-electron chi connectivity index (χ3n) is 8.72. The first-order valence-corrected chi connectivity index (χ1v) is 18.3. The van der Waals surface area contributed by atoms with Gasteiger partial charge in [0.05, 0.1) is 45.8 Å². The fraction of sp³-hybridized carbons (Fsp3) is 0.306. The molecule has 1 aromatic heterocycles. The van der Waals surface area contributed by atoms with Gasteiger partial charge in [-0.3, -0.25) is 19.2 Å². The van der Waals surface area contributed by atoms with E-state index in [0.717, 1.165) is 38.4 Å². The third kappa shape index (κ3) is 8.96. The Morgan fingerprint density at radius 2 is 1.57 bits per heavy atom. The van der Waals surface area contributed by atoms with Crippen molar-refractivity contribution in [3.63, 3.8) is 0 Å². The van der Waals surface area contributed by atoms with Crippen LogP contribution < -0.4 is 4.72 Å². The Labute approximate surface area is 318 Å². The SMILES string of the molecule is Cc1ccc(-c2cc(C(F)(F)F)nn2-c2ccc(S(=O)(=O)NC(=O)CCC(=O)OCC(C)(C)N(C)/[N+]([O-])=N\OC(C)N3C(=O)c4ccccc4C3=O)cc2)cc1. The van der Waals surface area contributed by atoms with E-state index in [0.29, 0.717) is 5.56 Å². The van der Waals surface area contributed by atoms with E-state index in [-0.39, 0.29) is 39.0 Å². The van der Waals surface area contributed by atoms with Crippen LogP contribution in [0.1, 0.15) is 65.6 Å². The monoisotopic (exact) mass is 799 g/mol. The van der Waals surface area contributed by atoms with Gasteiger partial charge >= 0.3 is 12.1 Å². The van der Waals surface area contributed by atoms with Gasteiger partial charge in [0.25, 0.3) is 21.8 Å². The summed E-state index contributed by atoms with van der Waals surface area (Å²) in [6.07, 6.45) is -7.10. The predicted molar refractivity (Wildman–Crippen MR) is 190 cm³/mol. The Morgan fingerprint density at radius 3 is 2.14 bits per heavy atom. The molecular formula is C36H36F3N7O9S. The van der Waals surface area contributed by atoms with Crippen molar-refractivity contribution < 1.29 is 55.3 Å². The Hall–Kier alpha value is -6.31. The summed E-state index contributed by atoms with van der Waals surface area (Å²) in [6, 6.07) is 18.4. The van der Waals surface area contributed by atoms with Crippen molar-refractivity contribution in [2.24, 2.45) is 5.28 Å². The zero-order chi connectivity index (χ0) is 41.2. The molecule has 16 nitrogen and oxygen atoms in total. The van der Waals surface area contributed by atoms with Crippen molar-refractivity contribution in [1.29, 1.82) is 0 Å². The molecule has 2 heterocycles. The van der Waals surface area contributed by atoms with Crippen LogP contribution >= 0.6 is 0 Å². The summed E-state index contributed by atoms with van der Waals surface area (Å²) in [5, 5.41) is 20.8. The summed E-state index contributed by atoms with van der Waals surface area (Å²) < 4.78 is 74.6. The van der Waals surface area contributed by atoms with Crippen LogP contribution in [0.4, 0.5) is 13.2 Å². The maximum atomic E-state index is 13.6. The summed E-state index contributed by atoms with van der Waals surface area (Å²) in [6.45, 7) is 5.83. The number of carbonyl (C=O) groups is 4. The number of nitrogens with one attached hydrogen (secondary N) is 1. The lowest BCUT2D eigenvalue weighted by molar-refractivity contribution is -0.722. The van der Waals surface area contributed by atoms with Gasteiger partial charge in [0.1, 0.15) is 12.1 Å². The largest absolute Gasteiger partial charge is 0.569 e. The number of hydrazine groups is 1. The molecule has 5 rings (SSSR count). The smallest absolute Gasteiger partial charge is 0.435 e. The number of hydrogen-bond donors (Lipinski definition) is 1. The van der Waals surface area contributed by atoms with Crippen LogP contribution in [0.5, 0.6) is 0 Å². The number of imide groups is 1. The molecule has 0 aliphatic carbocycles. The van der Waals surface area contributed by atoms with E-state index < -0.39 is 70.2 Å². The highest BCUT2D eigenvalue weighted by Crippen LogP contribution is 2.33. The number of carbonyl (C=O) groups excluding carboxylic acids is 4. The van der Waals surface area contributed by atoms with Crippen molar-refractivity contribution in [3.8, 4) is 16.9 Å². The van der Waals surface area contributed by atoms with Crippen molar-refractivity contribution in [2.75, 3.05) is 13.7 Å². The second kappa shape index (κ2) is 15.8. The Kier molecular flexibility index (Phi) is 11.5. The van der Waals surface area contributed by atoms with Crippen LogP contribution in [-0.4, -0.2) is 82.2 Å². The van der Waals surface area contributed by atoms with Gasteiger partial charge in [0, 0.05) is 12.0 Å². The first kappa shape index (κ1) is 40.9. The summed E-state index contributed by atoms with van der Waals surface area (Å²) in [7, 11) is -3.15. The molecule has 3 amide bonds. The van der Waals surface area contributed by atoms with Crippen LogP contribution in [0, 0.1) is 12.1 Å². The lowest BCUT2D eigenvalue weighted by Crippen LogP contribution is -2.49. The second-order valence-corrected chi connectivity index (χ2v) is 15.0. The van der Waals surface area contributed by atoms with Gasteiger partial charge in [-0.15, -0.1) is 5.01 Å². The van der Waals surface area contributed by atoms with E-state index in [2.05, 4.69) is 10.4 Å². The molecule has 1 atom stereocenters. The normalized spacial score (nSPS) is 14.0. The minimum atomic E-state index is -4.74. The molecule has 296 valence electrons. The molecule has 0 spiro atoms. The lowest BCUT2D eigenvalue weighted by Gasteiger charge is -2.30. The number of benzene rings is 3. The molecule has 1 unspecified atom stereocenters. The standard InChI is InChI=1S/C36H36F3N7O9S/c1-22-10-12-24(13-11-22)29-20-30(36(37,38)39)40-45(29)25-14-16-26(17-15-25)56(52,53)41-31(47)18-19-32(48)54-21-35(3,4)43(5)46(51)42-55-23(2)44-33(49)27-8-6-7-9-28(27)34(44)50/h6-17,20,23H,18-19,21H2,1-5H3,(H,41,47)/b46-42+. The molecule has 0 saturated heterocycles. The molecule has 1 N–H and O–H groups in total. The quantitative estimate of drug-likeness (QED) is 0.0582. The van der Waals surface area contributed by atoms with E-state index >= 15 is 0 Å². The molecule has 0 bridgehead atoms. The highest BCUT2D eigenvalue weighted by atomic mass is 32.2. The molecule has 3 aromatic carbocycles. The summed E-state index contributed by atoms with van der Waals surface area (Å²) in [4.78, 5) is 55.9. The molecule has 0 radical (unpaired) electrons. The zero-order valence-electron chi connectivity index (χ0n) is 30.6. The topological polar surface area (TPSA) is 196 Å². The van der Waals surface area contributed by atoms with Gasteiger partial charge in [0.2, 0.25) is 17.4 Å². The number of rotatable bonds is 14. The van der Waals surface area contributed by atoms with Crippen LogP contribution in [0.3, 0.4) is 0 Å². The second-order valence-electron chi connectivity index (χ2n) is 13.3. The molecule has 4 aromatic rings. The molecule has 0 fully saturated rings. The van der Waals surface area contributed by atoms with E-state index in [1.807, 2.05) is 11.6 Å². The van der Waals surface area contributed by atoms with Crippen molar-refractivity contribution in [1.82, 2.24) is 24.4 Å². The molecule has 56 heavy (non-hydrogen) atoms. The third-order valence-corrected chi connectivity index (χ3v) is 10.1. The minimum Gasteiger partial charge on any atom is -0.569 e. The Balaban J connectivity index is 1.12. The first-order chi connectivity index (χ1) is 26.2. The number of hydrogen-bond acceptors (Lipinski definition) is 11. The highest BCUT2D eigenvalue weighted by molar-refractivity contribution is 7.90. The number of likely N-dealkylation sites (N-methyl/N-ethyl adjacent to an activating group) is 1. The number of nitrogens with zero attached hydrogens (tertiary/aromatic N) is 6. The average Bonchev–Trinajstić information content (AvgIpc) is 3.71.